The Kier molecular flexibility index (Phi) is 5.42. The molecule has 0 aliphatic carbocycles. The minimum atomic E-state index is -0.345. The van der Waals surface area contributed by atoms with E-state index in [1.54, 1.807) is 29.9 Å². The second-order valence-corrected chi connectivity index (χ2v) is 7.73. The highest BCUT2D eigenvalue weighted by atomic mass is 35.5. The predicted octanol–water partition coefficient (Wildman–Crippen LogP) is 5.06. The first-order valence-electron chi connectivity index (χ1n) is 8.78. The highest BCUT2D eigenvalue weighted by Gasteiger charge is 2.22. The number of thiophene rings is 1. The molecule has 2 aromatic carbocycles. The lowest BCUT2D eigenvalue weighted by atomic mass is 10.2. The van der Waals surface area contributed by atoms with E-state index in [1.165, 1.54) is 28.4 Å². The average molecular weight is 427 g/mol. The van der Waals surface area contributed by atoms with Crippen LogP contribution in [0.4, 0.5) is 4.39 Å². The predicted molar refractivity (Wildman–Crippen MR) is 112 cm³/mol. The Morgan fingerprint density at radius 3 is 2.59 bits per heavy atom. The number of hydrogen-bond donors (Lipinski definition) is 0. The number of carbonyl (C=O) groups excluding carboxylic acids is 1. The first-order chi connectivity index (χ1) is 14.0. The fraction of sp³-hybridized carbons (Fsp3) is 0.0952. The summed E-state index contributed by atoms with van der Waals surface area (Å²) in [6, 6.07) is 17.1. The number of benzene rings is 2. The molecule has 0 atom stereocenters. The largest absolute Gasteiger partial charge is 0.335 e. The van der Waals surface area contributed by atoms with Crippen LogP contribution >= 0.6 is 22.9 Å². The molecule has 0 fully saturated rings. The Morgan fingerprint density at radius 2 is 1.90 bits per heavy atom. The Labute approximate surface area is 176 Å². The molecule has 0 radical (unpaired) electrons. The molecule has 0 saturated heterocycles. The molecule has 2 aromatic heterocycles. The van der Waals surface area contributed by atoms with Crippen LogP contribution in [-0.4, -0.2) is 32.6 Å². The van der Waals surface area contributed by atoms with Gasteiger partial charge in [0.1, 0.15) is 5.82 Å². The monoisotopic (exact) mass is 426 g/mol. The van der Waals surface area contributed by atoms with Gasteiger partial charge in [0.2, 0.25) is 5.82 Å². The Bertz CT molecular complexity index is 1140. The maximum absolute atomic E-state index is 13.3. The second-order valence-electron chi connectivity index (χ2n) is 6.38. The summed E-state index contributed by atoms with van der Waals surface area (Å²) in [5, 5.41) is 6.93. The number of aromatic nitrogens is 3. The molecule has 4 aromatic rings. The topological polar surface area (TPSA) is 51.0 Å². The van der Waals surface area contributed by atoms with E-state index in [4.69, 9.17) is 11.6 Å². The van der Waals surface area contributed by atoms with Gasteiger partial charge >= 0.3 is 0 Å². The van der Waals surface area contributed by atoms with Crippen molar-refractivity contribution in [2.45, 2.75) is 6.54 Å². The van der Waals surface area contributed by atoms with Gasteiger partial charge in [0.25, 0.3) is 5.91 Å². The third kappa shape index (κ3) is 4.06. The van der Waals surface area contributed by atoms with Gasteiger partial charge in [0.05, 0.1) is 10.6 Å². The standard InChI is InChI=1S/C21H16ClFN4OS/c1-26(13-14-5-2-3-6-17(14)22)21(28)19-24-20(18-7-4-12-29-18)27(25-19)16-10-8-15(23)9-11-16/h2-12H,13H2,1H3. The molecular weight excluding hydrogens is 411 g/mol. The van der Waals surface area contributed by atoms with Crippen LogP contribution in [-0.2, 0) is 6.54 Å². The summed E-state index contributed by atoms with van der Waals surface area (Å²) in [5.41, 5.74) is 1.46. The van der Waals surface area contributed by atoms with Crippen molar-refractivity contribution in [1.29, 1.82) is 0 Å². The van der Waals surface area contributed by atoms with E-state index >= 15 is 0 Å². The van der Waals surface area contributed by atoms with Crippen molar-refractivity contribution in [3.8, 4) is 16.4 Å². The average Bonchev–Trinajstić information content (AvgIpc) is 3.39. The number of hydrogen-bond acceptors (Lipinski definition) is 4. The quantitative estimate of drug-likeness (QED) is 0.448. The zero-order valence-corrected chi connectivity index (χ0v) is 17.0. The summed E-state index contributed by atoms with van der Waals surface area (Å²) < 4.78 is 14.9. The molecule has 29 heavy (non-hydrogen) atoms. The SMILES string of the molecule is CN(Cc1ccccc1Cl)C(=O)c1nc(-c2cccs2)n(-c2ccc(F)cc2)n1. The first kappa shape index (κ1) is 19.3. The Balaban J connectivity index is 1.69. The van der Waals surface area contributed by atoms with Crippen molar-refractivity contribution >= 4 is 28.8 Å². The lowest BCUT2D eigenvalue weighted by molar-refractivity contribution is 0.0773. The van der Waals surface area contributed by atoms with Crippen LogP contribution in [0.2, 0.25) is 5.02 Å². The third-order valence-electron chi connectivity index (χ3n) is 4.32. The van der Waals surface area contributed by atoms with E-state index in [0.717, 1.165) is 10.4 Å². The van der Waals surface area contributed by atoms with Gasteiger partial charge in [-0.15, -0.1) is 16.4 Å². The number of nitrogens with zero attached hydrogens (tertiary/aromatic N) is 4. The molecule has 0 saturated carbocycles. The molecule has 4 rings (SSSR count). The fourth-order valence-electron chi connectivity index (χ4n) is 2.85. The summed E-state index contributed by atoms with van der Waals surface area (Å²) in [6.45, 7) is 0.331. The van der Waals surface area contributed by atoms with Crippen LogP contribution in [0.5, 0.6) is 0 Å². The second kappa shape index (κ2) is 8.14. The van der Waals surface area contributed by atoms with Crippen molar-refractivity contribution in [3.05, 3.63) is 88.3 Å². The molecule has 2 heterocycles. The smallest absolute Gasteiger partial charge is 0.293 e. The van der Waals surface area contributed by atoms with Crippen molar-refractivity contribution < 1.29 is 9.18 Å². The molecule has 0 N–H and O–H groups in total. The Morgan fingerprint density at radius 1 is 1.14 bits per heavy atom. The number of rotatable bonds is 5. The molecule has 0 unspecified atom stereocenters. The summed E-state index contributed by atoms with van der Waals surface area (Å²) in [4.78, 5) is 19.8. The van der Waals surface area contributed by atoms with Gasteiger partial charge < -0.3 is 4.90 Å². The van der Waals surface area contributed by atoms with Gasteiger partial charge in [-0.3, -0.25) is 4.79 Å². The van der Waals surface area contributed by atoms with E-state index in [-0.39, 0.29) is 17.5 Å². The molecule has 0 spiro atoms. The van der Waals surface area contributed by atoms with E-state index in [1.807, 2.05) is 35.7 Å². The van der Waals surface area contributed by atoms with Crippen LogP contribution in [0.1, 0.15) is 16.2 Å². The molecule has 146 valence electrons. The summed E-state index contributed by atoms with van der Waals surface area (Å²) in [7, 11) is 1.68. The number of halogens is 2. The zero-order valence-electron chi connectivity index (χ0n) is 15.4. The van der Waals surface area contributed by atoms with Crippen molar-refractivity contribution in [3.63, 3.8) is 0 Å². The first-order valence-corrected chi connectivity index (χ1v) is 10.0. The minimum Gasteiger partial charge on any atom is -0.335 e. The maximum Gasteiger partial charge on any atom is 0.293 e. The minimum absolute atomic E-state index is 0.0623. The summed E-state index contributed by atoms with van der Waals surface area (Å²) >= 11 is 7.69. The molecule has 0 bridgehead atoms. The van der Waals surface area contributed by atoms with Crippen LogP contribution in [0.15, 0.2) is 66.0 Å². The van der Waals surface area contributed by atoms with Crippen LogP contribution < -0.4 is 0 Å². The molecule has 0 aliphatic rings. The third-order valence-corrected chi connectivity index (χ3v) is 5.56. The maximum atomic E-state index is 13.3. The van der Waals surface area contributed by atoms with Crippen molar-refractivity contribution in [2.24, 2.45) is 0 Å². The molecule has 8 heteroatoms. The van der Waals surface area contributed by atoms with Gasteiger partial charge in [-0.05, 0) is 47.3 Å². The Hall–Kier alpha value is -3.03. The molecule has 0 aliphatic heterocycles. The molecule has 1 amide bonds. The number of carbonyl (C=O) groups is 1. The van der Waals surface area contributed by atoms with Crippen LogP contribution in [0, 0.1) is 5.82 Å². The van der Waals surface area contributed by atoms with Gasteiger partial charge in [0, 0.05) is 18.6 Å². The van der Waals surface area contributed by atoms with E-state index in [2.05, 4.69) is 10.1 Å². The van der Waals surface area contributed by atoms with Crippen LogP contribution in [0.3, 0.4) is 0 Å². The van der Waals surface area contributed by atoms with E-state index in [9.17, 15) is 9.18 Å². The van der Waals surface area contributed by atoms with E-state index in [0.29, 0.717) is 23.1 Å². The van der Waals surface area contributed by atoms with Crippen LogP contribution in [0.25, 0.3) is 16.4 Å². The van der Waals surface area contributed by atoms with Crippen molar-refractivity contribution in [2.75, 3.05) is 7.05 Å². The van der Waals surface area contributed by atoms with Crippen molar-refractivity contribution in [1.82, 2.24) is 19.7 Å². The zero-order chi connectivity index (χ0) is 20.4. The molecule has 5 nitrogen and oxygen atoms in total. The lowest BCUT2D eigenvalue weighted by Crippen LogP contribution is -2.27. The molecular formula is C21H16ClFN4OS. The van der Waals surface area contributed by atoms with Gasteiger partial charge in [0.15, 0.2) is 5.82 Å². The highest BCUT2D eigenvalue weighted by Crippen LogP contribution is 2.26. The van der Waals surface area contributed by atoms with Gasteiger partial charge in [-0.2, -0.15) is 0 Å². The fourth-order valence-corrected chi connectivity index (χ4v) is 3.75. The normalized spacial score (nSPS) is 10.9. The summed E-state index contributed by atoms with van der Waals surface area (Å²) in [5.74, 6) is -0.0840. The highest BCUT2D eigenvalue weighted by molar-refractivity contribution is 7.13. The van der Waals surface area contributed by atoms with Gasteiger partial charge in [-0.25, -0.2) is 14.1 Å². The van der Waals surface area contributed by atoms with Gasteiger partial charge in [-0.1, -0.05) is 35.9 Å². The summed E-state index contributed by atoms with van der Waals surface area (Å²) in [6.07, 6.45) is 0. The lowest BCUT2D eigenvalue weighted by Gasteiger charge is -2.16. The number of amides is 1. The van der Waals surface area contributed by atoms with E-state index < -0.39 is 0 Å².